The quantitative estimate of drug-likeness (QED) is 0.745. The molecule has 0 atom stereocenters. The molecule has 2 rings (SSSR count). The largest absolute Gasteiger partial charge is 0.363 e. The number of nitrogens with zero attached hydrogens (tertiary/aromatic N) is 3. The number of rotatable bonds is 7. The Labute approximate surface area is 145 Å². The molecule has 0 radical (unpaired) electrons. The summed E-state index contributed by atoms with van der Waals surface area (Å²) in [5, 5.41) is 2.63. The second-order valence-electron chi connectivity index (χ2n) is 5.18. The number of hydrogen-bond acceptors (Lipinski definition) is 7. The molecule has 0 saturated heterocycles. The van der Waals surface area contributed by atoms with Crippen LogP contribution in [0.5, 0.6) is 0 Å². The van der Waals surface area contributed by atoms with Gasteiger partial charge in [0.15, 0.2) is 0 Å². The monoisotopic (exact) mass is 369 g/mol. The topological polar surface area (TPSA) is 104 Å². The van der Waals surface area contributed by atoms with Gasteiger partial charge in [-0.15, -0.1) is 11.3 Å². The fourth-order valence-electron chi connectivity index (χ4n) is 1.76. The van der Waals surface area contributed by atoms with Crippen LogP contribution >= 0.6 is 11.3 Å². The maximum Gasteiger partial charge on any atom is 0.250 e. The summed E-state index contributed by atoms with van der Waals surface area (Å²) in [6, 6.07) is 4.94. The number of anilines is 1. The summed E-state index contributed by atoms with van der Waals surface area (Å²) in [5.74, 6) is 0.927. The Kier molecular flexibility index (Phi) is 5.86. The molecule has 0 aromatic carbocycles. The molecular weight excluding hydrogens is 350 g/mol. The summed E-state index contributed by atoms with van der Waals surface area (Å²) in [6.07, 6.45) is 1.59. The van der Waals surface area contributed by atoms with Crippen molar-refractivity contribution in [2.45, 2.75) is 24.2 Å². The second-order valence-corrected chi connectivity index (χ2v) is 8.34. The lowest BCUT2D eigenvalue weighted by atomic mass is 10.4. The predicted molar refractivity (Wildman–Crippen MR) is 92.2 cm³/mol. The maximum atomic E-state index is 12.3. The zero-order chi connectivity index (χ0) is 17.7. The van der Waals surface area contributed by atoms with E-state index in [1.807, 2.05) is 19.0 Å². The number of carbonyl (C=O) groups is 1. The molecule has 8 nitrogen and oxygen atoms in total. The smallest absolute Gasteiger partial charge is 0.250 e. The summed E-state index contributed by atoms with van der Waals surface area (Å²) in [7, 11) is 0.0445. The molecule has 2 aromatic rings. The Morgan fingerprint density at radius 3 is 2.67 bits per heavy atom. The van der Waals surface area contributed by atoms with Gasteiger partial charge >= 0.3 is 0 Å². The van der Waals surface area contributed by atoms with Crippen molar-refractivity contribution in [1.29, 1.82) is 0 Å². The molecule has 0 bridgehead atoms. The van der Waals surface area contributed by atoms with E-state index in [1.54, 1.807) is 18.3 Å². The van der Waals surface area contributed by atoms with Gasteiger partial charge in [0.25, 0.3) is 0 Å². The first-order valence-corrected chi connectivity index (χ1v) is 9.40. The number of amides is 1. The maximum absolute atomic E-state index is 12.3. The molecule has 1 amide bonds. The Bertz CT molecular complexity index is 817. The Morgan fingerprint density at radius 2 is 2.00 bits per heavy atom. The van der Waals surface area contributed by atoms with Crippen LogP contribution in [-0.2, 0) is 27.9 Å². The molecule has 24 heavy (non-hydrogen) atoms. The van der Waals surface area contributed by atoms with E-state index in [1.165, 1.54) is 13.0 Å². The van der Waals surface area contributed by atoms with Gasteiger partial charge in [-0.3, -0.25) is 4.79 Å². The molecule has 0 saturated carbocycles. The van der Waals surface area contributed by atoms with E-state index < -0.39 is 10.0 Å². The lowest BCUT2D eigenvalue weighted by Gasteiger charge is -2.11. The van der Waals surface area contributed by atoms with E-state index in [0.29, 0.717) is 18.2 Å². The molecule has 2 heterocycles. The number of thiophene rings is 1. The minimum absolute atomic E-state index is 0.00292. The molecule has 130 valence electrons. The van der Waals surface area contributed by atoms with Crippen molar-refractivity contribution in [2.75, 3.05) is 19.0 Å². The SMILES string of the molecule is CC(=O)NCc1ccc(S(=O)(=O)NCc2nccc(N(C)C)n2)s1. The predicted octanol–water partition coefficient (Wildman–Crippen LogP) is 0.719. The van der Waals surface area contributed by atoms with Crippen LogP contribution in [0.25, 0.3) is 0 Å². The van der Waals surface area contributed by atoms with Crippen LogP contribution in [0.3, 0.4) is 0 Å². The molecule has 0 aliphatic heterocycles. The summed E-state index contributed by atoms with van der Waals surface area (Å²) < 4.78 is 27.3. The first-order valence-electron chi connectivity index (χ1n) is 7.10. The van der Waals surface area contributed by atoms with Crippen LogP contribution < -0.4 is 14.9 Å². The van der Waals surface area contributed by atoms with E-state index in [4.69, 9.17) is 0 Å². The van der Waals surface area contributed by atoms with Crippen LogP contribution in [0, 0.1) is 0 Å². The van der Waals surface area contributed by atoms with Crippen LogP contribution in [0.4, 0.5) is 5.82 Å². The summed E-state index contributed by atoms with van der Waals surface area (Å²) in [6.45, 7) is 1.72. The minimum Gasteiger partial charge on any atom is -0.363 e. The molecule has 0 aliphatic rings. The van der Waals surface area contributed by atoms with Crippen molar-refractivity contribution in [3.05, 3.63) is 35.1 Å². The van der Waals surface area contributed by atoms with Crippen molar-refractivity contribution in [3.8, 4) is 0 Å². The lowest BCUT2D eigenvalue weighted by Crippen LogP contribution is -2.24. The summed E-state index contributed by atoms with van der Waals surface area (Å²) in [4.78, 5) is 21.8. The zero-order valence-corrected chi connectivity index (χ0v) is 15.2. The van der Waals surface area contributed by atoms with Crippen LogP contribution in [0.2, 0.25) is 0 Å². The van der Waals surface area contributed by atoms with Crippen molar-refractivity contribution in [2.24, 2.45) is 0 Å². The summed E-state index contributed by atoms with van der Waals surface area (Å²) >= 11 is 1.11. The average molecular weight is 369 g/mol. The van der Waals surface area contributed by atoms with Crippen LogP contribution in [-0.4, -0.2) is 38.4 Å². The third kappa shape index (κ3) is 4.98. The van der Waals surface area contributed by atoms with Gasteiger partial charge in [0.1, 0.15) is 15.9 Å². The van der Waals surface area contributed by atoms with E-state index in [-0.39, 0.29) is 16.7 Å². The lowest BCUT2D eigenvalue weighted by molar-refractivity contribution is -0.119. The zero-order valence-electron chi connectivity index (χ0n) is 13.6. The number of nitrogens with one attached hydrogen (secondary N) is 2. The highest BCUT2D eigenvalue weighted by atomic mass is 32.2. The normalized spacial score (nSPS) is 11.3. The Hall–Kier alpha value is -2.04. The van der Waals surface area contributed by atoms with E-state index in [0.717, 1.165) is 16.2 Å². The molecule has 2 aromatic heterocycles. The van der Waals surface area contributed by atoms with Gasteiger partial charge in [-0.1, -0.05) is 0 Å². The average Bonchev–Trinajstić information content (AvgIpc) is 3.01. The van der Waals surface area contributed by atoms with Gasteiger partial charge in [-0.2, -0.15) is 0 Å². The van der Waals surface area contributed by atoms with E-state index in [2.05, 4.69) is 20.0 Å². The van der Waals surface area contributed by atoms with E-state index >= 15 is 0 Å². The fourth-order valence-corrected chi connectivity index (χ4v) is 4.08. The van der Waals surface area contributed by atoms with Crippen molar-refractivity contribution in [1.82, 2.24) is 20.0 Å². The van der Waals surface area contributed by atoms with Gasteiger partial charge in [-0.05, 0) is 18.2 Å². The van der Waals surface area contributed by atoms with Crippen molar-refractivity contribution >= 4 is 33.1 Å². The van der Waals surface area contributed by atoms with Gasteiger partial charge < -0.3 is 10.2 Å². The van der Waals surface area contributed by atoms with Gasteiger partial charge in [0, 0.05) is 32.1 Å². The first kappa shape index (κ1) is 18.3. The van der Waals surface area contributed by atoms with Gasteiger partial charge in [0.2, 0.25) is 15.9 Å². The fraction of sp³-hybridized carbons (Fsp3) is 0.357. The number of hydrogen-bond donors (Lipinski definition) is 2. The van der Waals surface area contributed by atoms with E-state index in [9.17, 15) is 13.2 Å². The van der Waals surface area contributed by atoms with Crippen molar-refractivity contribution in [3.63, 3.8) is 0 Å². The number of carbonyl (C=O) groups excluding carboxylic acids is 1. The van der Waals surface area contributed by atoms with Crippen LogP contribution in [0.15, 0.2) is 28.6 Å². The third-order valence-electron chi connectivity index (χ3n) is 2.98. The van der Waals surface area contributed by atoms with Gasteiger partial charge in [-0.25, -0.2) is 23.1 Å². The highest BCUT2D eigenvalue weighted by Crippen LogP contribution is 2.21. The molecule has 2 N–H and O–H groups in total. The molecule has 0 spiro atoms. The number of sulfonamides is 1. The molecule has 10 heteroatoms. The van der Waals surface area contributed by atoms with Crippen LogP contribution in [0.1, 0.15) is 17.6 Å². The Balaban J connectivity index is 2.03. The highest BCUT2D eigenvalue weighted by Gasteiger charge is 2.17. The third-order valence-corrected chi connectivity index (χ3v) is 5.96. The molecule has 0 unspecified atom stereocenters. The molecule has 0 aliphatic carbocycles. The summed E-state index contributed by atoms with van der Waals surface area (Å²) in [5.41, 5.74) is 0. The number of aromatic nitrogens is 2. The highest BCUT2D eigenvalue weighted by molar-refractivity contribution is 7.91. The Morgan fingerprint density at radius 1 is 1.25 bits per heavy atom. The van der Waals surface area contributed by atoms with Gasteiger partial charge in [0.05, 0.1) is 13.1 Å². The minimum atomic E-state index is -3.65. The standard InChI is InChI=1S/C14H19N5O3S2/c1-10(20)16-8-11-4-5-14(23-11)24(21,22)17-9-12-15-7-6-13(18-12)19(2)3/h4-7,17H,8-9H2,1-3H3,(H,16,20). The first-order chi connectivity index (χ1) is 11.3. The molecular formula is C14H19N5O3S2. The second kappa shape index (κ2) is 7.69. The van der Waals surface area contributed by atoms with Crippen molar-refractivity contribution < 1.29 is 13.2 Å². The molecule has 0 fully saturated rings.